The number of para-hydroxylation sites is 1. The van der Waals surface area contributed by atoms with E-state index in [1.165, 1.54) is 0 Å². The summed E-state index contributed by atoms with van der Waals surface area (Å²) in [5, 5.41) is 5.92. The second-order valence-corrected chi connectivity index (χ2v) is 6.76. The lowest BCUT2D eigenvalue weighted by Gasteiger charge is -2.10. The lowest BCUT2D eigenvalue weighted by Crippen LogP contribution is -2.21. The predicted molar refractivity (Wildman–Crippen MR) is 101 cm³/mol. The van der Waals surface area contributed by atoms with Gasteiger partial charge in [-0.25, -0.2) is 0 Å². The van der Waals surface area contributed by atoms with E-state index in [2.05, 4.69) is 17.6 Å². The Morgan fingerprint density at radius 1 is 0.960 bits per heavy atom. The SMILES string of the molecule is CCc1ccccc1NC(=O)C1CC1C(=O)Nc1ccc(C)cc1C. The third-order valence-electron chi connectivity index (χ3n) is 4.76. The number of carbonyl (C=O) groups excluding carboxylic acids is 2. The van der Waals surface area contributed by atoms with E-state index in [0.29, 0.717) is 6.42 Å². The van der Waals surface area contributed by atoms with E-state index in [1.807, 2.05) is 56.3 Å². The van der Waals surface area contributed by atoms with Crippen molar-refractivity contribution in [3.05, 3.63) is 59.2 Å². The van der Waals surface area contributed by atoms with Crippen molar-refractivity contribution in [2.24, 2.45) is 11.8 Å². The fourth-order valence-electron chi connectivity index (χ4n) is 3.13. The van der Waals surface area contributed by atoms with Gasteiger partial charge in [0.1, 0.15) is 0 Å². The Labute approximate surface area is 148 Å². The summed E-state index contributed by atoms with van der Waals surface area (Å²) in [5.74, 6) is -0.622. The molecule has 0 aromatic heterocycles. The molecule has 1 fully saturated rings. The molecule has 1 aliphatic rings. The highest BCUT2D eigenvalue weighted by atomic mass is 16.2. The first kappa shape index (κ1) is 17.2. The molecule has 3 rings (SSSR count). The lowest BCUT2D eigenvalue weighted by atomic mass is 10.1. The van der Waals surface area contributed by atoms with Gasteiger partial charge >= 0.3 is 0 Å². The molecule has 0 saturated heterocycles. The van der Waals surface area contributed by atoms with Crippen LogP contribution in [0.1, 0.15) is 30.0 Å². The molecule has 2 aromatic rings. The molecule has 4 nitrogen and oxygen atoms in total. The van der Waals surface area contributed by atoms with Crippen LogP contribution in [0.4, 0.5) is 11.4 Å². The van der Waals surface area contributed by atoms with E-state index in [1.54, 1.807) is 0 Å². The van der Waals surface area contributed by atoms with Gasteiger partial charge in [0.05, 0.1) is 11.8 Å². The molecule has 2 atom stereocenters. The van der Waals surface area contributed by atoms with Crippen molar-refractivity contribution in [2.45, 2.75) is 33.6 Å². The Balaban J connectivity index is 1.60. The summed E-state index contributed by atoms with van der Waals surface area (Å²) in [6.07, 6.45) is 1.47. The first-order valence-corrected chi connectivity index (χ1v) is 8.76. The van der Waals surface area contributed by atoms with Gasteiger partial charge in [-0.05, 0) is 49.9 Å². The van der Waals surface area contributed by atoms with E-state index in [9.17, 15) is 9.59 Å². The number of hydrogen-bond acceptors (Lipinski definition) is 2. The number of carbonyl (C=O) groups is 2. The highest BCUT2D eigenvalue weighted by Crippen LogP contribution is 2.40. The van der Waals surface area contributed by atoms with Crippen LogP contribution in [0.2, 0.25) is 0 Å². The fourth-order valence-corrected chi connectivity index (χ4v) is 3.13. The number of hydrogen-bond donors (Lipinski definition) is 2. The van der Waals surface area contributed by atoms with Crippen LogP contribution in [-0.4, -0.2) is 11.8 Å². The van der Waals surface area contributed by atoms with Crippen molar-refractivity contribution < 1.29 is 9.59 Å². The third kappa shape index (κ3) is 3.90. The average molecular weight is 336 g/mol. The van der Waals surface area contributed by atoms with Crippen LogP contribution in [0.15, 0.2) is 42.5 Å². The van der Waals surface area contributed by atoms with Crippen LogP contribution in [-0.2, 0) is 16.0 Å². The van der Waals surface area contributed by atoms with Crippen molar-refractivity contribution in [2.75, 3.05) is 10.6 Å². The molecule has 0 aliphatic heterocycles. The Kier molecular flexibility index (Phi) is 4.88. The van der Waals surface area contributed by atoms with Gasteiger partial charge in [0.25, 0.3) is 0 Å². The Bertz CT molecular complexity index is 813. The maximum atomic E-state index is 12.4. The third-order valence-corrected chi connectivity index (χ3v) is 4.76. The van der Waals surface area contributed by atoms with Crippen LogP contribution >= 0.6 is 0 Å². The first-order chi connectivity index (χ1) is 12.0. The molecular weight excluding hydrogens is 312 g/mol. The topological polar surface area (TPSA) is 58.2 Å². The number of aryl methyl sites for hydroxylation is 3. The molecule has 25 heavy (non-hydrogen) atoms. The Morgan fingerprint density at radius 3 is 2.24 bits per heavy atom. The van der Waals surface area contributed by atoms with Crippen molar-refractivity contribution in [1.29, 1.82) is 0 Å². The molecule has 2 N–H and O–H groups in total. The summed E-state index contributed by atoms with van der Waals surface area (Å²) in [5.41, 5.74) is 4.96. The van der Waals surface area contributed by atoms with E-state index >= 15 is 0 Å². The highest BCUT2D eigenvalue weighted by molar-refractivity contribution is 6.03. The summed E-state index contributed by atoms with van der Waals surface area (Å²) in [6.45, 7) is 6.05. The zero-order valence-corrected chi connectivity index (χ0v) is 14.9. The molecule has 0 radical (unpaired) electrons. The molecule has 0 heterocycles. The van der Waals surface area contributed by atoms with Gasteiger partial charge in [-0.2, -0.15) is 0 Å². The molecule has 0 spiro atoms. The standard InChI is InChI=1S/C21H24N2O2/c1-4-15-7-5-6-8-19(15)23-21(25)17-12-16(17)20(24)22-18-10-9-13(2)11-14(18)3/h5-11,16-17H,4,12H2,1-3H3,(H,22,24)(H,23,25). The maximum absolute atomic E-state index is 12.4. The second-order valence-electron chi connectivity index (χ2n) is 6.76. The van der Waals surface area contributed by atoms with Crippen molar-refractivity contribution in [3.63, 3.8) is 0 Å². The van der Waals surface area contributed by atoms with Crippen LogP contribution in [0.25, 0.3) is 0 Å². The highest BCUT2D eigenvalue weighted by Gasteiger charge is 2.48. The van der Waals surface area contributed by atoms with Crippen LogP contribution in [0, 0.1) is 25.7 Å². The van der Waals surface area contributed by atoms with Crippen molar-refractivity contribution in [1.82, 2.24) is 0 Å². The average Bonchev–Trinajstić information content (AvgIpc) is 3.39. The van der Waals surface area contributed by atoms with Gasteiger partial charge in [-0.3, -0.25) is 9.59 Å². The Hall–Kier alpha value is -2.62. The molecule has 130 valence electrons. The summed E-state index contributed by atoms with van der Waals surface area (Å²) < 4.78 is 0. The van der Waals surface area contributed by atoms with Crippen LogP contribution < -0.4 is 10.6 Å². The summed E-state index contributed by atoms with van der Waals surface area (Å²) >= 11 is 0. The van der Waals surface area contributed by atoms with Gasteiger partial charge < -0.3 is 10.6 Å². The number of amides is 2. The zero-order valence-electron chi connectivity index (χ0n) is 14.9. The minimum absolute atomic E-state index is 0.0679. The lowest BCUT2D eigenvalue weighted by molar-refractivity contribution is -0.122. The van der Waals surface area contributed by atoms with Gasteiger partial charge in [-0.15, -0.1) is 0 Å². The maximum Gasteiger partial charge on any atom is 0.228 e. The summed E-state index contributed by atoms with van der Waals surface area (Å²) in [6, 6.07) is 13.7. The molecule has 2 aromatic carbocycles. The molecular formula is C21H24N2O2. The largest absolute Gasteiger partial charge is 0.326 e. The van der Waals surface area contributed by atoms with E-state index in [4.69, 9.17) is 0 Å². The van der Waals surface area contributed by atoms with E-state index < -0.39 is 0 Å². The van der Waals surface area contributed by atoms with Gasteiger partial charge in [0.15, 0.2) is 0 Å². The predicted octanol–water partition coefficient (Wildman–Crippen LogP) is 4.08. The molecule has 2 amide bonds. The smallest absolute Gasteiger partial charge is 0.228 e. The van der Waals surface area contributed by atoms with Crippen molar-refractivity contribution >= 4 is 23.2 Å². The van der Waals surface area contributed by atoms with E-state index in [0.717, 1.165) is 34.5 Å². The summed E-state index contributed by atoms with van der Waals surface area (Å²) in [7, 11) is 0. The van der Waals surface area contributed by atoms with Gasteiger partial charge in [0.2, 0.25) is 11.8 Å². The number of nitrogens with one attached hydrogen (secondary N) is 2. The normalized spacial score (nSPS) is 18.5. The molecule has 1 aliphatic carbocycles. The Morgan fingerprint density at radius 2 is 1.60 bits per heavy atom. The fraction of sp³-hybridized carbons (Fsp3) is 0.333. The number of benzene rings is 2. The second kappa shape index (κ2) is 7.09. The minimum atomic E-state index is -0.241. The van der Waals surface area contributed by atoms with Gasteiger partial charge in [-0.1, -0.05) is 42.8 Å². The number of anilines is 2. The molecule has 0 bridgehead atoms. The number of rotatable bonds is 5. The van der Waals surface area contributed by atoms with Crippen LogP contribution in [0.3, 0.4) is 0 Å². The van der Waals surface area contributed by atoms with E-state index in [-0.39, 0.29) is 23.7 Å². The summed E-state index contributed by atoms with van der Waals surface area (Å²) in [4.78, 5) is 24.8. The van der Waals surface area contributed by atoms with Gasteiger partial charge in [0, 0.05) is 11.4 Å². The minimum Gasteiger partial charge on any atom is -0.326 e. The molecule has 1 saturated carbocycles. The monoisotopic (exact) mass is 336 g/mol. The molecule has 4 heteroatoms. The quantitative estimate of drug-likeness (QED) is 0.864. The first-order valence-electron chi connectivity index (χ1n) is 8.76. The van der Waals surface area contributed by atoms with Crippen molar-refractivity contribution in [3.8, 4) is 0 Å². The molecule has 2 unspecified atom stereocenters. The zero-order chi connectivity index (χ0) is 18.0. The van der Waals surface area contributed by atoms with Crippen LogP contribution in [0.5, 0.6) is 0 Å².